The third-order valence-corrected chi connectivity index (χ3v) is 10.3. The maximum absolute atomic E-state index is 13.2. The summed E-state index contributed by atoms with van der Waals surface area (Å²) in [4.78, 5) is 33.6. The third-order valence-electron chi connectivity index (χ3n) is 7.00. The van der Waals surface area contributed by atoms with Crippen LogP contribution in [0.4, 0.5) is 10.6 Å². The Balaban J connectivity index is 1.25. The number of carbonyl (C=O) groups is 2. The number of allylic oxidation sites excluding steroid dienone is 1. The van der Waals surface area contributed by atoms with Gasteiger partial charge in [-0.1, -0.05) is 18.7 Å². The van der Waals surface area contributed by atoms with Crippen LogP contribution in [0.1, 0.15) is 38.2 Å². The highest BCUT2D eigenvalue weighted by Crippen LogP contribution is 2.31. The molecule has 3 heterocycles. The first-order valence-corrected chi connectivity index (χ1v) is 15.1. The number of hydrogen-bond acceptors (Lipinski definition) is 7. The number of pyridine rings is 1. The smallest absolute Gasteiger partial charge is 0.416 e. The number of anilines is 1. The number of ether oxygens (including phenoxy) is 1. The second-order valence-corrected chi connectivity index (χ2v) is 12.9. The van der Waals surface area contributed by atoms with E-state index in [2.05, 4.69) is 37.7 Å². The summed E-state index contributed by atoms with van der Waals surface area (Å²) in [5, 5.41) is 2.11. The Bertz CT molecular complexity index is 1290. The van der Waals surface area contributed by atoms with Gasteiger partial charge in [-0.3, -0.25) is 15.0 Å². The fourth-order valence-corrected chi connectivity index (χ4v) is 7.79. The molecule has 1 aromatic carbocycles. The number of benzene rings is 1. The van der Waals surface area contributed by atoms with Gasteiger partial charge in [-0.25, -0.2) is 18.2 Å². The second-order valence-electron chi connectivity index (χ2n) is 9.82. The van der Waals surface area contributed by atoms with Gasteiger partial charge >= 0.3 is 6.09 Å². The highest BCUT2D eigenvalue weighted by Gasteiger charge is 2.36. The molecule has 2 aliphatic rings. The van der Waals surface area contributed by atoms with Crippen molar-refractivity contribution in [3.05, 3.63) is 65.0 Å². The van der Waals surface area contributed by atoms with Crippen LogP contribution < -0.4 is 5.32 Å². The minimum Gasteiger partial charge on any atom is -0.416 e. The molecule has 2 saturated heterocycles. The Labute approximate surface area is 232 Å². The normalized spacial score (nSPS) is 17.7. The van der Waals surface area contributed by atoms with Gasteiger partial charge in [-0.15, -0.1) is 0 Å². The number of hydrogen-bond donors (Lipinski definition) is 1. The molecule has 204 valence electrons. The predicted octanol–water partition coefficient (Wildman–Crippen LogP) is 4.60. The molecular weight excluding hydrogens is 572 g/mol. The van der Waals surface area contributed by atoms with E-state index in [4.69, 9.17) is 4.74 Å². The Morgan fingerprint density at radius 2 is 1.79 bits per heavy atom. The van der Waals surface area contributed by atoms with E-state index in [1.54, 1.807) is 37.4 Å². The van der Waals surface area contributed by atoms with Gasteiger partial charge in [0.2, 0.25) is 5.91 Å². The van der Waals surface area contributed by atoms with Crippen LogP contribution in [0.15, 0.2) is 64.3 Å². The molecular formula is C27H33BrN4O5S. The molecule has 1 N–H and O–H groups in total. The quantitative estimate of drug-likeness (QED) is 0.460. The number of likely N-dealkylation sites (tertiary alicyclic amines) is 2. The molecule has 0 atom stereocenters. The lowest BCUT2D eigenvalue weighted by Gasteiger charge is -2.37. The fraction of sp³-hybridized carbons (Fsp3) is 0.444. The molecule has 2 aromatic rings. The summed E-state index contributed by atoms with van der Waals surface area (Å²) >= 11 is 3.36. The van der Waals surface area contributed by atoms with Crippen LogP contribution in [-0.2, 0) is 25.9 Å². The van der Waals surface area contributed by atoms with E-state index in [1.807, 2.05) is 17.0 Å². The summed E-state index contributed by atoms with van der Waals surface area (Å²) in [6.45, 7) is 8.32. The highest BCUT2D eigenvalue weighted by molar-refractivity contribution is 9.10. The Morgan fingerprint density at radius 1 is 1.11 bits per heavy atom. The van der Waals surface area contributed by atoms with Crippen molar-refractivity contribution in [3.8, 4) is 0 Å². The molecule has 0 spiro atoms. The van der Waals surface area contributed by atoms with Crippen molar-refractivity contribution in [1.82, 2.24) is 14.8 Å². The number of nitrogens with zero attached hydrogens (tertiary/aromatic N) is 3. The molecule has 0 radical (unpaired) electrons. The molecule has 9 nitrogen and oxygen atoms in total. The zero-order valence-corrected chi connectivity index (χ0v) is 23.8. The van der Waals surface area contributed by atoms with Crippen molar-refractivity contribution in [3.63, 3.8) is 0 Å². The number of sulfone groups is 1. The van der Waals surface area contributed by atoms with Crippen LogP contribution in [-0.4, -0.2) is 66.6 Å². The number of nitrogens with one attached hydrogen (secondary N) is 1. The Morgan fingerprint density at radius 3 is 2.45 bits per heavy atom. The van der Waals surface area contributed by atoms with Gasteiger partial charge in [0.15, 0.2) is 9.84 Å². The Kier molecular flexibility index (Phi) is 9.22. The van der Waals surface area contributed by atoms with E-state index in [0.29, 0.717) is 53.4 Å². The number of amides is 2. The van der Waals surface area contributed by atoms with Crippen LogP contribution >= 0.6 is 15.9 Å². The van der Waals surface area contributed by atoms with Gasteiger partial charge in [0.1, 0.15) is 5.82 Å². The summed E-state index contributed by atoms with van der Waals surface area (Å²) in [6, 6.07) is 10.6. The minimum atomic E-state index is -3.45. The third kappa shape index (κ3) is 7.00. The van der Waals surface area contributed by atoms with E-state index in [-0.39, 0.29) is 11.8 Å². The maximum atomic E-state index is 13.2. The molecule has 38 heavy (non-hydrogen) atoms. The van der Waals surface area contributed by atoms with Crippen LogP contribution in [0, 0.1) is 5.92 Å². The zero-order valence-electron chi connectivity index (χ0n) is 21.4. The van der Waals surface area contributed by atoms with E-state index in [9.17, 15) is 18.0 Å². The first-order valence-electron chi connectivity index (χ1n) is 12.7. The molecule has 2 fully saturated rings. The summed E-state index contributed by atoms with van der Waals surface area (Å²) in [5.74, 6) is 0.789. The topological polar surface area (TPSA) is 109 Å². The molecule has 2 amide bonds. The van der Waals surface area contributed by atoms with Gasteiger partial charge in [-0.05, 0) is 91.5 Å². The lowest BCUT2D eigenvalue weighted by molar-refractivity contribution is -0.138. The first kappa shape index (κ1) is 28.3. The summed E-state index contributed by atoms with van der Waals surface area (Å²) < 4.78 is 31.7. The van der Waals surface area contributed by atoms with Crippen molar-refractivity contribution >= 4 is 43.6 Å². The highest BCUT2D eigenvalue weighted by atomic mass is 79.9. The van der Waals surface area contributed by atoms with E-state index in [0.717, 1.165) is 31.5 Å². The predicted molar refractivity (Wildman–Crippen MR) is 148 cm³/mol. The average Bonchev–Trinajstić information content (AvgIpc) is 2.88. The fourth-order valence-electron chi connectivity index (χ4n) is 5.03. The van der Waals surface area contributed by atoms with Crippen molar-refractivity contribution in [2.75, 3.05) is 31.5 Å². The molecule has 0 saturated carbocycles. The van der Waals surface area contributed by atoms with Crippen LogP contribution in [0.2, 0.25) is 0 Å². The summed E-state index contributed by atoms with van der Waals surface area (Å²) in [5.41, 5.74) is 1.00. The summed E-state index contributed by atoms with van der Waals surface area (Å²) in [7, 11) is -3.45. The van der Waals surface area contributed by atoms with Crippen molar-refractivity contribution in [2.45, 2.75) is 49.3 Å². The minimum absolute atomic E-state index is 0.0470. The first-order chi connectivity index (χ1) is 18.1. The number of carbonyl (C=O) groups excluding carboxylic acids is 2. The van der Waals surface area contributed by atoms with Crippen LogP contribution in [0.5, 0.6) is 0 Å². The lowest BCUT2D eigenvalue weighted by Crippen LogP contribution is -2.47. The largest absolute Gasteiger partial charge is 0.417 e. The van der Waals surface area contributed by atoms with E-state index in [1.165, 1.54) is 0 Å². The second kappa shape index (κ2) is 12.4. The molecule has 4 rings (SSSR count). The monoisotopic (exact) mass is 604 g/mol. The van der Waals surface area contributed by atoms with E-state index < -0.39 is 21.2 Å². The van der Waals surface area contributed by atoms with Crippen molar-refractivity contribution < 1.29 is 22.7 Å². The van der Waals surface area contributed by atoms with Gasteiger partial charge < -0.3 is 9.64 Å². The molecule has 0 bridgehead atoms. The van der Waals surface area contributed by atoms with Crippen LogP contribution in [0.3, 0.4) is 0 Å². The van der Waals surface area contributed by atoms with Crippen molar-refractivity contribution in [1.29, 1.82) is 0 Å². The number of rotatable bonds is 7. The number of piperidine rings is 2. The zero-order chi connectivity index (χ0) is 27.3. The number of halogens is 1. The molecule has 11 heteroatoms. The average molecular weight is 606 g/mol. The molecule has 2 aliphatic heterocycles. The maximum Gasteiger partial charge on any atom is 0.417 e. The van der Waals surface area contributed by atoms with Gasteiger partial charge in [0, 0.05) is 36.2 Å². The van der Waals surface area contributed by atoms with E-state index >= 15 is 0 Å². The Hall–Kier alpha value is -2.76. The van der Waals surface area contributed by atoms with Crippen LogP contribution in [0.25, 0.3) is 0 Å². The molecule has 0 unspecified atom stereocenters. The SMILES string of the molecule is C=C(C)OC(=O)Nc1cc(CN2CCC(C(=O)N3CCC(S(=O)(=O)c4ccccc4Br)CC3)CC2)ccn1. The summed E-state index contributed by atoms with van der Waals surface area (Å²) in [6.07, 6.45) is 3.43. The van der Waals surface area contributed by atoms with Gasteiger partial charge in [-0.2, -0.15) is 0 Å². The van der Waals surface area contributed by atoms with Gasteiger partial charge in [0.25, 0.3) is 0 Å². The molecule has 0 aliphatic carbocycles. The molecule has 1 aromatic heterocycles. The van der Waals surface area contributed by atoms with Gasteiger partial charge in [0.05, 0.1) is 15.9 Å². The van der Waals surface area contributed by atoms with Crippen molar-refractivity contribution in [2.24, 2.45) is 5.92 Å². The standard InChI is InChI=1S/C27H33BrN4O5S/c1-19(2)37-27(34)30-25-17-20(7-12-29-25)18-31-13-8-21(9-14-31)26(33)32-15-10-22(11-16-32)38(35,36)24-6-4-3-5-23(24)28/h3-7,12,17,21-22H,1,8-11,13-16,18H2,2H3,(H,29,30,34). The lowest BCUT2D eigenvalue weighted by atomic mass is 9.94. The number of aromatic nitrogens is 1.